The molecule has 2 nitrogen and oxygen atoms in total. The molecular formula is C15H12ClFN2. The monoisotopic (exact) mass is 274 g/mol. The molecule has 19 heavy (non-hydrogen) atoms. The molecule has 0 aromatic heterocycles. The average Bonchev–Trinajstić information content (AvgIpc) is 2.43. The molecular weight excluding hydrogens is 263 g/mol. The van der Waals surface area contributed by atoms with Crippen molar-refractivity contribution >= 4 is 17.3 Å². The summed E-state index contributed by atoms with van der Waals surface area (Å²) < 4.78 is 13.8. The number of nitriles is 1. The summed E-state index contributed by atoms with van der Waals surface area (Å²) in [7, 11) is 1.82. The van der Waals surface area contributed by atoms with Crippen molar-refractivity contribution < 1.29 is 4.39 Å². The lowest BCUT2D eigenvalue weighted by Crippen LogP contribution is -2.18. The van der Waals surface area contributed by atoms with Crippen molar-refractivity contribution in [1.82, 2.24) is 0 Å². The lowest BCUT2D eigenvalue weighted by Gasteiger charge is -2.21. The standard InChI is InChI=1S/C15H12ClFN2/c1-19(14-8-3-2-5-11(14)9-18)10-12-6-4-7-13(16)15(12)17/h2-8H,10H2,1H3. The smallest absolute Gasteiger partial charge is 0.146 e. The van der Waals surface area contributed by atoms with E-state index < -0.39 is 5.82 Å². The maximum Gasteiger partial charge on any atom is 0.146 e. The summed E-state index contributed by atoms with van der Waals surface area (Å²) >= 11 is 5.76. The summed E-state index contributed by atoms with van der Waals surface area (Å²) in [6.07, 6.45) is 0. The van der Waals surface area contributed by atoms with E-state index in [1.165, 1.54) is 6.07 Å². The fraction of sp³-hybridized carbons (Fsp3) is 0.133. The highest BCUT2D eigenvalue weighted by Gasteiger charge is 2.11. The van der Waals surface area contributed by atoms with Gasteiger partial charge in [-0.25, -0.2) is 4.39 Å². The summed E-state index contributed by atoms with van der Waals surface area (Å²) in [5.41, 5.74) is 1.83. The molecule has 0 fully saturated rings. The number of nitrogens with zero attached hydrogens (tertiary/aromatic N) is 2. The van der Waals surface area contributed by atoms with Crippen LogP contribution in [0.5, 0.6) is 0 Å². The zero-order valence-electron chi connectivity index (χ0n) is 10.4. The Kier molecular flexibility index (Phi) is 4.03. The van der Waals surface area contributed by atoms with Gasteiger partial charge in [0.2, 0.25) is 0 Å². The molecule has 96 valence electrons. The highest BCUT2D eigenvalue weighted by atomic mass is 35.5. The summed E-state index contributed by atoms with van der Waals surface area (Å²) in [4.78, 5) is 1.83. The first kappa shape index (κ1) is 13.4. The fourth-order valence-electron chi connectivity index (χ4n) is 1.91. The molecule has 0 aliphatic rings. The molecule has 0 bridgehead atoms. The quantitative estimate of drug-likeness (QED) is 0.846. The number of hydrogen-bond donors (Lipinski definition) is 0. The van der Waals surface area contributed by atoms with Crippen molar-refractivity contribution in [2.75, 3.05) is 11.9 Å². The first-order valence-electron chi connectivity index (χ1n) is 5.76. The van der Waals surface area contributed by atoms with E-state index >= 15 is 0 Å². The first-order valence-corrected chi connectivity index (χ1v) is 6.14. The number of para-hydroxylation sites is 1. The van der Waals surface area contributed by atoms with Crippen LogP contribution in [0.3, 0.4) is 0 Å². The van der Waals surface area contributed by atoms with E-state index in [9.17, 15) is 4.39 Å². The number of rotatable bonds is 3. The number of halogens is 2. The molecule has 0 atom stereocenters. The Morgan fingerprint density at radius 1 is 1.21 bits per heavy atom. The second-order valence-corrected chi connectivity index (χ2v) is 4.61. The van der Waals surface area contributed by atoms with Crippen LogP contribution < -0.4 is 4.90 Å². The zero-order chi connectivity index (χ0) is 13.8. The highest BCUT2D eigenvalue weighted by Crippen LogP contribution is 2.23. The Balaban J connectivity index is 2.29. The van der Waals surface area contributed by atoms with Gasteiger partial charge in [0.1, 0.15) is 11.9 Å². The molecule has 0 spiro atoms. The van der Waals surface area contributed by atoms with Crippen LogP contribution in [0, 0.1) is 17.1 Å². The molecule has 0 saturated carbocycles. The molecule has 0 aliphatic carbocycles. The van der Waals surface area contributed by atoms with Crippen molar-refractivity contribution in [3.63, 3.8) is 0 Å². The van der Waals surface area contributed by atoms with Crippen LogP contribution in [0.2, 0.25) is 5.02 Å². The van der Waals surface area contributed by atoms with E-state index in [4.69, 9.17) is 16.9 Å². The van der Waals surface area contributed by atoms with E-state index in [0.29, 0.717) is 17.7 Å². The summed E-state index contributed by atoms with van der Waals surface area (Å²) in [6, 6.07) is 14.3. The normalized spacial score (nSPS) is 10.0. The minimum absolute atomic E-state index is 0.111. The van der Waals surface area contributed by atoms with Crippen molar-refractivity contribution in [2.45, 2.75) is 6.54 Å². The minimum atomic E-state index is -0.412. The summed E-state index contributed by atoms with van der Waals surface area (Å²) in [5.74, 6) is -0.412. The van der Waals surface area contributed by atoms with E-state index in [2.05, 4.69) is 6.07 Å². The van der Waals surface area contributed by atoms with Gasteiger partial charge < -0.3 is 4.90 Å². The van der Waals surface area contributed by atoms with Crippen LogP contribution in [0.1, 0.15) is 11.1 Å². The Morgan fingerprint density at radius 3 is 2.68 bits per heavy atom. The van der Waals surface area contributed by atoms with Crippen molar-refractivity contribution in [1.29, 1.82) is 5.26 Å². The second-order valence-electron chi connectivity index (χ2n) is 4.20. The lowest BCUT2D eigenvalue weighted by atomic mass is 10.1. The number of anilines is 1. The van der Waals surface area contributed by atoms with E-state index in [-0.39, 0.29) is 5.02 Å². The number of hydrogen-bond acceptors (Lipinski definition) is 2. The lowest BCUT2D eigenvalue weighted by molar-refractivity contribution is 0.608. The number of benzene rings is 2. The van der Waals surface area contributed by atoms with Gasteiger partial charge in [-0.2, -0.15) is 5.26 Å². The molecule has 2 aromatic carbocycles. The van der Waals surface area contributed by atoms with Crippen LogP contribution in [-0.4, -0.2) is 7.05 Å². The van der Waals surface area contributed by atoms with E-state index in [1.807, 2.05) is 24.1 Å². The third kappa shape index (κ3) is 2.86. The Bertz CT molecular complexity index is 634. The van der Waals surface area contributed by atoms with Gasteiger partial charge in [0.05, 0.1) is 16.3 Å². The molecule has 4 heteroatoms. The third-order valence-corrected chi connectivity index (χ3v) is 3.17. The first-order chi connectivity index (χ1) is 9.13. The molecule has 0 radical (unpaired) electrons. The van der Waals surface area contributed by atoms with Gasteiger partial charge in [-0.1, -0.05) is 35.9 Å². The molecule has 0 saturated heterocycles. The van der Waals surface area contributed by atoms with Crippen molar-refractivity contribution in [3.05, 3.63) is 64.4 Å². The van der Waals surface area contributed by atoms with Gasteiger partial charge >= 0.3 is 0 Å². The Morgan fingerprint density at radius 2 is 1.95 bits per heavy atom. The second kappa shape index (κ2) is 5.73. The van der Waals surface area contributed by atoms with Gasteiger partial charge in [0, 0.05) is 19.2 Å². The fourth-order valence-corrected chi connectivity index (χ4v) is 2.11. The average molecular weight is 275 g/mol. The van der Waals surface area contributed by atoms with Gasteiger partial charge in [-0.05, 0) is 18.2 Å². The SMILES string of the molecule is CN(Cc1cccc(Cl)c1F)c1ccccc1C#N. The molecule has 0 aliphatic heterocycles. The van der Waals surface area contributed by atoms with Crippen LogP contribution in [0.25, 0.3) is 0 Å². The predicted octanol–water partition coefficient (Wildman–Crippen LogP) is 3.99. The molecule has 0 unspecified atom stereocenters. The molecule has 0 heterocycles. The third-order valence-electron chi connectivity index (χ3n) is 2.87. The molecule has 0 N–H and O–H groups in total. The van der Waals surface area contributed by atoms with Crippen LogP contribution in [-0.2, 0) is 6.54 Å². The highest BCUT2D eigenvalue weighted by molar-refractivity contribution is 6.30. The van der Waals surface area contributed by atoms with E-state index in [0.717, 1.165) is 5.69 Å². The van der Waals surface area contributed by atoms with Gasteiger partial charge in [0.15, 0.2) is 0 Å². The molecule has 2 rings (SSSR count). The Hall–Kier alpha value is -2.05. The van der Waals surface area contributed by atoms with E-state index in [1.54, 1.807) is 24.3 Å². The van der Waals surface area contributed by atoms with Gasteiger partial charge in [-0.3, -0.25) is 0 Å². The zero-order valence-corrected chi connectivity index (χ0v) is 11.2. The minimum Gasteiger partial charge on any atom is -0.369 e. The van der Waals surface area contributed by atoms with Crippen LogP contribution >= 0.6 is 11.6 Å². The predicted molar refractivity (Wildman–Crippen MR) is 74.7 cm³/mol. The maximum atomic E-state index is 13.8. The maximum absolute atomic E-state index is 13.8. The molecule has 2 aromatic rings. The van der Waals surface area contributed by atoms with Crippen LogP contribution in [0.15, 0.2) is 42.5 Å². The van der Waals surface area contributed by atoms with Gasteiger partial charge in [-0.15, -0.1) is 0 Å². The van der Waals surface area contributed by atoms with Crippen LogP contribution in [0.4, 0.5) is 10.1 Å². The summed E-state index contributed by atoms with van der Waals surface area (Å²) in [5, 5.41) is 9.17. The topological polar surface area (TPSA) is 27.0 Å². The Labute approximate surface area is 116 Å². The summed E-state index contributed by atoms with van der Waals surface area (Å²) in [6.45, 7) is 0.352. The van der Waals surface area contributed by atoms with Gasteiger partial charge in [0.25, 0.3) is 0 Å². The van der Waals surface area contributed by atoms with Crippen molar-refractivity contribution in [3.8, 4) is 6.07 Å². The largest absolute Gasteiger partial charge is 0.369 e. The van der Waals surface area contributed by atoms with Crippen molar-refractivity contribution in [2.24, 2.45) is 0 Å². The molecule has 0 amide bonds.